The second kappa shape index (κ2) is 7.37. The zero-order valence-corrected chi connectivity index (χ0v) is 15.2. The number of hydrogen-bond donors (Lipinski definition) is 2. The van der Waals surface area contributed by atoms with Gasteiger partial charge in [-0.3, -0.25) is 9.59 Å². The summed E-state index contributed by atoms with van der Waals surface area (Å²) in [6, 6.07) is 14.9. The Morgan fingerprint density at radius 3 is 2.85 bits per heavy atom. The molecule has 138 valence electrons. The highest BCUT2D eigenvalue weighted by Crippen LogP contribution is 2.25. The predicted octanol–water partition coefficient (Wildman–Crippen LogP) is 3.01. The number of likely N-dealkylation sites (tertiary alicyclic amines) is 1. The normalized spacial score (nSPS) is 17.2. The number of carbonyl (C=O) groups is 1. The van der Waals surface area contributed by atoms with Crippen molar-refractivity contribution in [3.05, 3.63) is 70.5 Å². The van der Waals surface area contributed by atoms with E-state index in [4.69, 9.17) is 5.73 Å². The van der Waals surface area contributed by atoms with Gasteiger partial charge in [0.2, 0.25) is 0 Å². The van der Waals surface area contributed by atoms with Crippen LogP contribution in [0.25, 0.3) is 22.0 Å². The molecule has 0 saturated carbocycles. The Kier molecular flexibility index (Phi) is 4.77. The summed E-state index contributed by atoms with van der Waals surface area (Å²) >= 11 is 0. The molecule has 0 bridgehead atoms. The maximum absolute atomic E-state index is 12.9. The van der Waals surface area contributed by atoms with E-state index in [9.17, 15) is 9.59 Å². The van der Waals surface area contributed by atoms with Gasteiger partial charge in [-0.25, -0.2) is 0 Å². The summed E-state index contributed by atoms with van der Waals surface area (Å²) in [5.41, 5.74) is 9.11. The topological polar surface area (TPSA) is 79.2 Å². The van der Waals surface area contributed by atoms with Crippen LogP contribution in [0.3, 0.4) is 0 Å². The highest BCUT2D eigenvalue weighted by Gasteiger charge is 2.23. The molecular formula is C22H23N3O2. The number of H-pyrrole nitrogens is 1. The summed E-state index contributed by atoms with van der Waals surface area (Å²) in [7, 11) is 0. The third-order valence-corrected chi connectivity index (χ3v) is 5.34. The van der Waals surface area contributed by atoms with Gasteiger partial charge in [0.15, 0.2) is 5.43 Å². The van der Waals surface area contributed by atoms with Crippen molar-refractivity contribution in [3.63, 3.8) is 0 Å². The number of aromatic nitrogens is 1. The van der Waals surface area contributed by atoms with Crippen molar-refractivity contribution in [2.75, 3.05) is 19.6 Å². The molecule has 0 aliphatic carbocycles. The fourth-order valence-corrected chi connectivity index (χ4v) is 3.81. The third-order valence-electron chi connectivity index (χ3n) is 5.34. The number of carbonyl (C=O) groups excluding carboxylic acids is 1. The number of piperidine rings is 1. The van der Waals surface area contributed by atoms with Gasteiger partial charge in [-0.05, 0) is 60.7 Å². The Hall–Kier alpha value is -2.92. The standard InChI is InChI=1S/C22H23N3O2/c23-13-15-3-2-10-25(14-15)22(27)18-5-1-4-16(11-18)17-6-7-20-19(12-17)21(26)8-9-24-20/h1,4-9,11-12,15H,2-3,10,13-14,23H2,(H,24,26)/t15-/m1/s1. The number of nitrogens with one attached hydrogen (secondary N) is 1. The van der Waals surface area contributed by atoms with Gasteiger partial charge < -0.3 is 15.6 Å². The van der Waals surface area contributed by atoms with Gasteiger partial charge in [0, 0.05) is 41.8 Å². The molecular weight excluding hydrogens is 338 g/mol. The second-order valence-electron chi connectivity index (χ2n) is 7.18. The minimum Gasteiger partial charge on any atom is -0.361 e. The molecule has 5 heteroatoms. The number of aromatic amines is 1. The molecule has 1 fully saturated rings. The summed E-state index contributed by atoms with van der Waals surface area (Å²) in [5, 5.41) is 0.647. The molecule has 2 aromatic carbocycles. The van der Waals surface area contributed by atoms with Gasteiger partial charge in [0.05, 0.1) is 0 Å². The Morgan fingerprint density at radius 2 is 2.00 bits per heavy atom. The summed E-state index contributed by atoms with van der Waals surface area (Å²) in [4.78, 5) is 30.0. The van der Waals surface area contributed by atoms with Crippen LogP contribution in [-0.2, 0) is 0 Å². The van der Waals surface area contributed by atoms with Gasteiger partial charge in [0.25, 0.3) is 5.91 Å². The molecule has 1 aliphatic rings. The SMILES string of the molecule is NC[C@H]1CCCN(C(=O)c2cccc(-c3ccc4[nH]ccc(=O)c4c3)c2)C1. The Balaban J connectivity index is 1.65. The number of hydrogen-bond acceptors (Lipinski definition) is 3. The van der Waals surface area contributed by atoms with Gasteiger partial charge in [0.1, 0.15) is 0 Å². The van der Waals surface area contributed by atoms with Crippen molar-refractivity contribution in [3.8, 4) is 11.1 Å². The van der Waals surface area contributed by atoms with Crippen LogP contribution in [0, 0.1) is 5.92 Å². The van der Waals surface area contributed by atoms with Crippen LogP contribution in [0.4, 0.5) is 0 Å². The van der Waals surface area contributed by atoms with Crippen LogP contribution < -0.4 is 11.2 Å². The van der Waals surface area contributed by atoms with E-state index in [1.807, 2.05) is 47.4 Å². The number of fused-ring (bicyclic) bond motifs is 1. The summed E-state index contributed by atoms with van der Waals surface area (Å²) in [5.74, 6) is 0.437. The summed E-state index contributed by atoms with van der Waals surface area (Å²) in [6.07, 6.45) is 3.74. The highest BCUT2D eigenvalue weighted by atomic mass is 16.2. The molecule has 0 radical (unpaired) electrons. The first-order valence-corrected chi connectivity index (χ1v) is 9.37. The maximum Gasteiger partial charge on any atom is 0.253 e. The van der Waals surface area contributed by atoms with Crippen LogP contribution >= 0.6 is 0 Å². The van der Waals surface area contributed by atoms with E-state index in [0.29, 0.717) is 23.4 Å². The smallest absolute Gasteiger partial charge is 0.253 e. The van der Waals surface area contributed by atoms with E-state index < -0.39 is 0 Å². The van der Waals surface area contributed by atoms with Crippen molar-refractivity contribution < 1.29 is 4.79 Å². The summed E-state index contributed by atoms with van der Waals surface area (Å²) in [6.45, 7) is 2.13. The Morgan fingerprint density at radius 1 is 1.15 bits per heavy atom. The zero-order valence-electron chi connectivity index (χ0n) is 15.2. The minimum absolute atomic E-state index is 0.0148. The Bertz CT molecular complexity index is 1040. The molecule has 1 aromatic heterocycles. The zero-order chi connectivity index (χ0) is 18.8. The molecule has 5 nitrogen and oxygen atoms in total. The lowest BCUT2D eigenvalue weighted by molar-refractivity contribution is 0.0678. The van der Waals surface area contributed by atoms with E-state index in [-0.39, 0.29) is 11.3 Å². The van der Waals surface area contributed by atoms with Crippen LogP contribution in [-0.4, -0.2) is 35.4 Å². The van der Waals surface area contributed by atoms with Gasteiger partial charge >= 0.3 is 0 Å². The largest absolute Gasteiger partial charge is 0.361 e. The molecule has 1 aliphatic heterocycles. The quantitative estimate of drug-likeness (QED) is 0.753. The van der Waals surface area contributed by atoms with Gasteiger partial charge in [-0.15, -0.1) is 0 Å². The monoisotopic (exact) mass is 361 g/mol. The minimum atomic E-state index is -0.0148. The highest BCUT2D eigenvalue weighted by molar-refractivity contribution is 5.96. The van der Waals surface area contributed by atoms with Crippen molar-refractivity contribution in [2.45, 2.75) is 12.8 Å². The van der Waals surface area contributed by atoms with E-state index in [1.54, 1.807) is 6.20 Å². The van der Waals surface area contributed by atoms with Crippen molar-refractivity contribution in [1.82, 2.24) is 9.88 Å². The molecule has 0 unspecified atom stereocenters. The molecule has 0 spiro atoms. The fourth-order valence-electron chi connectivity index (χ4n) is 3.81. The average Bonchev–Trinajstić information content (AvgIpc) is 2.73. The first kappa shape index (κ1) is 17.5. The van der Waals surface area contributed by atoms with Crippen molar-refractivity contribution in [1.29, 1.82) is 0 Å². The number of amides is 1. The molecule has 4 rings (SSSR count). The first-order chi connectivity index (χ1) is 13.2. The first-order valence-electron chi connectivity index (χ1n) is 9.37. The Labute approximate surface area is 157 Å². The molecule has 1 amide bonds. The summed E-state index contributed by atoms with van der Waals surface area (Å²) < 4.78 is 0. The van der Waals surface area contributed by atoms with E-state index >= 15 is 0 Å². The maximum atomic E-state index is 12.9. The van der Waals surface area contributed by atoms with E-state index in [0.717, 1.165) is 42.6 Å². The molecule has 1 atom stereocenters. The lowest BCUT2D eigenvalue weighted by Gasteiger charge is -2.32. The lowest BCUT2D eigenvalue weighted by Crippen LogP contribution is -2.42. The van der Waals surface area contributed by atoms with E-state index in [1.165, 1.54) is 6.07 Å². The van der Waals surface area contributed by atoms with Crippen LogP contribution in [0.2, 0.25) is 0 Å². The number of benzene rings is 2. The lowest BCUT2D eigenvalue weighted by atomic mass is 9.96. The predicted molar refractivity (Wildman–Crippen MR) is 108 cm³/mol. The molecule has 1 saturated heterocycles. The van der Waals surface area contributed by atoms with E-state index in [2.05, 4.69) is 4.98 Å². The van der Waals surface area contributed by atoms with Crippen molar-refractivity contribution in [2.24, 2.45) is 11.7 Å². The molecule has 2 heterocycles. The number of pyridine rings is 1. The van der Waals surface area contributed by atoms with Crippen LogP contribution in [0.5, 0.6) is 0 Å². The molecule has 27 heavy (non-hydrogen) atoms. The molecule has 3 aromatic rings. The van der Waals surface area contributed by atoms with Crippen LogP contribution in [0.1, 0.15) is 23.2 Å². The number of rotatable bonds is 3. The number of nitrogens with two attached hydrogens (primary N) is 1. The average molecular weight is 361 g/mol. The molecule has 3 N–H and O–H groups in total. The third kappa shape index (κ3) is 3.51. The number of nitrogens with zero attached hydrogens (tertiary/aromatic N) is 1. The fraction of sp³-hybridized carbons (Fsp3) is 0.273. The van der Waals surface area contributed by atoms with Crippen molar-refractivity contribution >= 4 is 16.8 Å². The van der Waals surface area contributed by atoms with Crippen LogP contribution in [0.15, 0.2) is 59.5 Å². The van der Waals surface area contributed by atoms with Gasteiger partial charge in [-0.1, -0.05) is 18.2 Å². The second-order valence-corrected chi connectivity index (χ2v) is 7.18. The van der Waals surface area contributed by atoms with Gasteiger partial charge in [-0.2, -0.15) is 0 Å².